The first-order valence-corrected chi connectivity index (χ1v) is 22.4. The average molecular weight is 780 g/mol. The molecule has 60 heavy (non-hydrogen) atoms. The molecule has 3 atom stereocenters. The SMILES string of the molecule is Cc1cc(C)c(-c2cc(N(c3ccc4c(c3)C(C)(C)c3ccccc3-4)c3ccc4c(c3)C3(CC5CCC3C5)c3ccccc3-4)c3oc4c(C(C)C)cccc4c3c2)c(C)c1. The number of para-hydroxylation sites is 1. The summed E-state index contributed by atoms with van der Waals surface area (Å²) in [4.78, 5) is 2.56. The lowest BCUT2D eigenvalue weighted by molar-refractivity contribution is 0.327. The highest BCUT2D eigenvalue weighted by molar-refractivity contribution is 6.13. The van der Waals surface area contributed by atoms with Gasteiger partial charge in [0.25, 0.3) is 0 Å². The minimum absolute atomic E-state index is 0.0664. The smallest absolute Gasteiger partial charge is 0.159 e. The first-order valence-electron chi connectivity index (χ1n) is 22.4. The summed E-state index contributed by atoms with van der Waals surface area (Å²) in [7, 11) is 0. The van der Waals surface area contributed by atoms with Crippen LogP contribution in [-0.4, -0.2) is 0 Å². The molecule has 1 heterocycles. The summed E-state index contributed by atoms with van der Waals surface area (Å²) in [5, 5.41) is 2.34. The highest BCUT2D eigenvalue weighted by Gasteiger charge is 2.56. The highest BCUT2D eigenvalue weighted by Crippen LogP contribution is 2.66. The van der Waals surface area contributed by atoms with Crippen LogP contribution in [0.5, 0.6) is 0 Å². The average Bonchev–Trinajstić information content (AvgIpc) is 4.05. The molecule has 0 N–H and O–H groups in total. The summed E-state index contributed by atoms with van der Waals surface area (Å²) >= 11 is 0. The fourth-order valence-electron chi connectivity index (χ4n) is 13.1. The van der Waals surface area contributed by atoms with E-state index in [4.69, 9.17) is 4.42 Å². The molecule has 1 aromatic heterocycles. The normalized spacial score (nSPS) is 20.3. The van der Waals surface area contributed by atoms with Crippen LogP contribution in [0.4, 0.5) is 17.1 Å². The predicted octanol–water partition coefficient (Wildman–Crippen LogP) is 16.2. The first-order chi connectivity index (χ1) is 29.0. The fourth-order valence-corrected chi connectivity index (χ4v) is 13.1. The van der Waals surface area contributed by atoms with Crippen molar-refractivity contribution < 1.29 is 4.42 Å². The van der Waals surface area contributed by atoms with Gasteiger partial charge in [0.05, 0.1) is 5.69 Å². The van der Waals surface area contributed by atoms with Crippen LogP contribution in [0.2, 0.25) is 0 Å². The summed E-state index contributed by atoms with van der Waals surface area (Å²) in [6.07, 6.45) is 5.29. The number of fused-ring (bicyclic) bond motifs is 14. The summed E-state index contributed by atoms with van der Waals surface area (Å²) in [5.74, 6) is 1.81. The van der Waals surface area contributed by atoms with Crippen LogP contribution in [0, 0.1) is 32.6 Å². The van der Waals surface area contributed by atoms with Gasteiger partial charge in [-0.1, -0.05) is 131 Å². The van der Waals surface area contributed by atoms with Gasteiger partial charge in [-0.3, -0.25) is 0 Å². The zero-order chi connectivity index (χ0) is 40.8. The number of rotatable bonds is 5. The monoisotopic (exact) mass is 779 g/mol. The number of benzene rings is 7. The molecule has 7 aromatic carbocycles. The van der Waals surface area contributed by atoms with Crippen molar-refractivity contribution in [1.29, 1.82) is 0 Å². The van der Waals surface area contributed by atoms with E-state index in [-0.39, 0.29) is 10.8 Å². The molecule has 1 spiro atoms. The van der Waals surface area contributed by atoms with Gasteiger partial charge in [-0.05, 0) is 167 Å². The van der Waals surface area contributed by atoms with Gasteiger partial charge in [0.15, 0.2) is 5.58 Å². The Bertz CT molecular complexity index is 3100. The third-order valence-corrected chi connectivity index (χ3v) is 15.6. The van der Waals surface area contributed by atoms with E-state index in [1.807, 2.05) is 0 Å². The number of aryl methyl sites for hydroxylation is 3. The number of hydrogen-bond donors (Lipinski definition) is 0. The number of hydrogen-bond acceptors (Lipinski definition) is 2. The second-order valence-electron chi connectivity index (χ2n) is 19.7. The Kier molecular flexibility index (Phi) is 7.56. The zero-order valence-corrected chi connectivity index (χ0v) is 36.0. The van der Waals surface area contributed by atoms with E-state index in [0.29, 0.717) is 11.8 Å². The molecule has 2 saturated carbocycles. The van der Waals surface area contributed by atoms with Crippen molar-refractivity contribution in [3.63, 3.8) is 0 Å². The standard InChI is InChI=1S/C58H53NO/c1-33(2)42-15-12-16-47-48-28-38(54-35(4)25-34(3)26-36(54)5)29-53(56(48)60-55(42)47)59(40-21-23-45-43-13-8-10-17-49(43)57(6,7)51(45)30-40)41-22-24-46-44-14-9-11-18-50(44)58(52(46)31-41)32-37-19-20-39(58)27-37/h8-18,21-26,28-31,33,37,39H,19-20,27,32H2,1-7H3. The van der Waals surface area contributed by atoms with E-state index in [0.717, 1.165) is 33.8 Å². The van der Waals surface area contributed by atoms with Crippen molar-refractivity contribution in [1.82, 2.24) is 0 Å². The largest absolute Gasteiger partial charge is 0.454 e. The van der Waals surface area contributed by atoms with E-state index in [1.165, 1.54) is 109 Å². The topological polar surface area (TPSA) is 16.4 Å². The van der Waals surface area contributed by atoms with Crippen molar-refractivity contribution in [3.05, 3.63) is 172 Å². The summed E-state index contributed by atoms with van der Waals surface area (Å²) in [5.41, 5.74) is 24.3. The minimum atomic E-state index is -0.140. The van der Waals surface area contributed by atoms with Crippen molar-refractivity contribution in [2.75, 3.05) is 4.90 Å². The van der Waals surface area contributed by atoms with Crippen LogP contribution in [0.15, 0.2) is 132 Å². The molecule has 2 fully saturated rings. The maximum absolute atomic E-state index is 7.29. The Hall–Kier alpha value is -5.86. The van der Waals surface area contributed by atoms with Crippen LogP contribution in [0.1, 0.15) is 104 Å². The maximum atomic E-state index is 7.29. The Morgan fingerprint density at radius 2 is 1.25 bits per heavy atom. The molecule has 0 aliphatic heterocycles. The quantitative estimate of drug-likeness (QED) is 0.173. The van der Waals surface area contributed by atoms with Gasteiger partial charge in [-0.25, -0.2) is 0 Å². The van der Waals surface area contributed by atoms with Crippen molar-refractivity contribution in [3.8, 4) is 33.4 Å². The van der Waals surface area contributed by atoms with E-state index < -0.39 is 0 Å². The molecule has 8 aromatic rings. The number of furan rings is 1. The van der Waals surface area contributed by atoms with E-state index >= 15 is 0 Å². The van der Waals surface area contributed by atoms with Crippen LogP contribution in [0.25, 0.3) is 55.3 Å². The second-order valence-corrected chi connectivity index (χ2v) is 19.7. The molecule has 2 nitrogen and oxygen atoms in total. The Labute approximate surface area is 354 Å². The molecule has 0 amide bonds. The highest BCUT2D eigenvalue weighted by atomic mass is 16.3. The molecule has 0 radical (unpaired) electrons. The summed E-state index contributed by atoms with van der Waals surface area (Å²) in [6, 6.07) is 49.3. The van der Waals surface area contributed by atoms with Crippen LogP contribution in [-0.2, 0) is 10.8 Å². The van der Waals surface area contributed by atoms with Gasteiger partial charge in [-0.2, -0.15) is 0 Å². The lowest BCUT2D eigenvalue weighted by Crippen LogP contribution is -2.32. The van der Waals surface area contributed by atoms with Crippen LogP contribution >= 0.6 is 0 Å². The van der Waals surface area contributed by atoms with E-state index in [1.54, 1.807) is 5.56 Å². The number of anilines is 3. The Morgan fingerprint density at radius 3 is 1.93 bits per heavy atom. The minimum Gasteiger partial charge on any atom is -0.454 e. The van der Waals surface area contributed by atoms with Gasteiger partial charge in [0, 0.05) is 33.0 Å². The molecule has 0 saturated heterocycles. The van der Waals surface area contributed by atoms with Gasteiger partial charge in [-0.15, -0.1) is 0 Å². The third kappa shape index (κ3) is 4.82. The molecule has 12 rings (SSSR count). The van der Waals surface area contributed by atoms with E-state index in [2.05, 4.69) is 181 Å². The van der Waals surface area contributed by atoms with Crippen molar-refractivity contribution in [2.45, 2.75) is 90.9 Å². The van der Waals surface area contributed by atoms with Crippen LogP contribution in [0.3, 0.4) is 0 Å². The maximum Gasteiger partial charge on any atom is 0.159 e. The lowest BCUT2D eigenvalue weighted by Gasteiger charge is -2.37. The zero-order valence-electron chi connectivity index (χ0n) is 36.0. The van der Waals surface area contributed by atoms with Crippen molar-refractivity contribution in [2.24, 2.45) is 11.8 Å². The summed E-state index contributed by atoms with van der Waals surface area (Å²) < 4.78 is 7.29. The lowest BCUT2D eigenvalue weighted by atomic mass is 9.67. The Balaban J connectivity index is 1.17. The molecular weight excluding hydrogens is 727 g/mol. The first kappa shape index (κ1) is 36.0. The van der Waals surface area contributed by atoms with E-state index in [9.17, 15) is 0 Å². The second kappa shape index (κ2) is 12.6. The molecule has 2 bridgehead atoms. The Morgan fingerprint density at radius 1 is 0.600 bits per heavy atom. The van der Waals surface area contributed by atoms with Crippen LogP contribution < -0.4 is 4.90 Å². The van der Waals surface area contributed by atoms with Gasteiger partial charge >= 0.3 is 0 Å². The molecule has 296 valence electrons. The molecule has 3 unspecified atom stereocenters. The van der Waals surface area contributed by atoms with Gasteiger partial charge in [0.1, 0.15) is 5.58 Å². The fraction of sp³-hybridized carbons (Fsp3) is 0.276. The molecule has 2 heteroatoms. The number of nitrogens with zero attached hydrogens (tertiary/aromatic N) is 1. The van der Waals surface area contributed by atoms with Gasteiger partial charge in [0.2, 0.25) is 0 Å². The van der Waals surface area contributed by atoms with Gasteiger partial charge < -0.3 is 9.32 Å². The molecule has 4 aliphatic rings. The molecule has 4 aliphatic carbocycles. The molecular formula is C58H53NO. The summed E-state index contributed by atoms with van der Waals surface area (Å²) in [6.45, 7) is 16.1. The van der Waals surface area contributed by atoms with Crippen molar-refractivity contribution >= 4 is 39.0 Å². The predicted molar refractivity (Wildman–Crippen MR) is 251 cm³/mol. The third-order valence-electron chi connectivity index (χ3n) is 15.6.